The molecule has 0 aromatic heterocycles. The summed E-state index contributed by atoms with van der Waals surface area (Å²) in [5, 5.41) is 6.31. The highest BCUT2D eigenvalue weighted by Crippen LogP contribution is 2.29. The monoisotopic (exact) mass is 290 g/mol. The van der Waals surface area contributed by atoms with Crippen LogP contribution in [0.5, 0.6) is 5.75 Å². The lowest BCUT2D eigenvalue weighted by Crippen LogP contribution is -2.14. The summed E-state index contributed by atoms with van der Waals surface area (Å²) < 4.78 is 5.39. The second-order valence-electron chi connectivity index (χ2n) is 5.83. The number of ether oxygens (including phenoxy) is 1. The minimum absolute atomic E-state index is 0.0603. The van der Waals surface area contributed by atoms with Crippen molar-refractivity contribution in [2.24, 2.45) is 5.92 Å². The number of rotatable bonds is 5. The van der Waals surface area contributed by atoms with Gasteiger partial charge in [0, 0.05) is 19.2 Å². The van der Waals surface area contributed by atoms with Crippen molar-refractivity contribution in [3.05, 3.63) is 18.2 Å². The molecule has 0 spiro atoms. The Morgan fingerprint density at radius 2 is 1.95 bits per heavy atom. The molecule has 1 aromatic carbocycles. The van der Waals surface area contributed by atoms with Gasteiger partial charge in [0.15, 0.2) is 0 Å². The number of anilines is 2. The molecule has 1 aliphatic carbocycles. The number of amides is 1. The van der Waals surface area contributed by atoms with E-state index < -0.39 is 0 Å². The molecule has 4 nitrogen and oxygen atoms in total. The minimum atomic E-state index is -0.0603. The molecule has 0 radical (unpaired) electrons. The van der Waals surface area contributed by atoms with Crippen LogP contribution in [0.3, 0.4) is 0 Å². The molecule has 0 saturated heterocycles. The molecule has 1 fully saturated rings. The maximum Gasteiger partial charge on any atom is 0.221 e. The Balaban J connectivity index is 2.00. The van der Waals surface area contributed by atoms with Gasteiger partial charge in [-0.1, -0.05) is 25.7 Å². The van der Waals surface area contributed by atoms with Crippen LogP contribution in [0.4, 0.5) is 11.4 Å². The zero-order valence-corrected chi connectivity index (χ0v) is 13.1. The molecule has 2 rings (SSSR count). The first-order chi connectivity index (χ1) is 10.2. The number of benzene rings is 1. The van der Waals surface area contributed by atoms with E-state index in [0.717, 1.165) is 29.6 Å². The second kappa shape index (κ2) is 7.91. The van der Waals surface area contributed by atoms with Gasteiger partial charge in [-0.2, -0.15) is 0 Å². The average Bonchev–Trinajstić information content (AvgIpc) is 2.73. The third-order valence-electron chi connectivity index (χ3n) is 4.08. The van der Waals surface area contributed by atoms with Crippen LogP contribution in [-0.4, -0.2) is 19.6 Å². The molecule has 1 aromatic rings. The van der Waals surface area contributed by atoms with Crippen molar-refractivity contribution in [3.8, 4) is 5.75 Å². The zero-order chi connectivity index (χ0) is 15.1. The molecule has 0 bridgehead atoms. The van der Waals surface area contributed by atoms with E-state index in [-0.39, 0.29) is 5.91 Å². The fourth-order valence-corrected chi connectivity index (χ4v) is 2.95. The van der Waals surface area contributed by atoms with Gasteiger partial charge in [-0.25, -0.2) is 0 Å². The van der Waals surface area contributed by atoms with E-state index in [9.17, 15) is 4.79 Å². The normalized spacial score (nSPS) is 16.1. The van der Waals surface area contributed by atoms with Gasteiger partial charge in [0.25, 0.3) is 0 Å². The molecule has 0 atom stereocenters. The van der Waals surface area contributed by atoms with Gasteiger partial charge in [0.1, 0.15) is 5.75 Å². The highest BCUT2D eigenvalue weighted by Gasteiger charge is 2.13. The Kier molecular flexibility index (Phi) is 5.90. The standard InChI is InChI=1S/C17H26N2O2/c1-13(20)19-15-9-10-17(21-2)16(11-15)18-12-14-7-5-3-4-6-8-14/h9-11,14,18H,3-8,12H2,1-2H3,(H,19,20). The number of carbonyl (C=O) groups is 1. The van der Waals surface area contributed by atoms with E-state index in [2.05, 4.69) is 10.6 Å². The number of methoxy groups -OCH3 is 1. The van der Waals surface area contributed by atoms with Crippen LogP contribution in [-0.2, 0) is 4.79 Å². The van der Waals surface area contributed by atoms with Gasteiger partial charge < -0.3 is 15.4 Å². The van der Waals surface area contributed by atoms with Crippen LogP contribution >= 0.6 is 0 Å². The summed E-state index contributed by atoms with van der Waals surface area (Å²) in [4.78, 5) is 11.2. The molecule has 1 amide bonds. The van der Waals surface area contributed by atoms with Crippen LogP contribution in [0.15, 0.2) is 18.2 Å². The molecular weight excluding hydrogens is 264 g/mol. The van der Waals surface area contributed by atoms with Gasteiger partial charge in [0.05, 0.1) is 12.8 Å². The molecule has 1 aliphatic rings. The van der Waals surface area contributed by atoms with E-state index in [1.54, 1.807) is 7.11 Å². The molecular formula is C17H26N2O2. The van der Waals surface area contributed by atoms with E-state index in [1.165, 1.54) is 45.4 Å². The van der Waals surface area contributed by atoms with E-state index >= 15 is 0 Å². The molecule has 0 aliphatic heterocycles. The van der Waals surface area contributed by atoms with E-state index in [4.69, 9.17) is 4.74 Å². The van der Waals surface area contributed by atoms with Crippen molar-refractivity contribution < 1.29 is 9.53 Å². The van der Waals surface area contributed by atoms with Crippen LogP contribution in [0.1, 0.15) is 45.4 Å². The molecule has 116 valence electrons. The first-order valence-corrected chi connectivity index (χ1v) is 7.88. The summed E-state index contributed by atoms with van der Waals surface area (Å²) in [7, 11) is 1.67. The van der Waals surface area contributed by atoms with Crippen LogP contribution in [0.25, 0.3) is 0 Å². The molecule has 0 heterocycles. The lowest BCUT2D eigenvalue weighted by Gasteiger charge is -2.18. The van der Waals surface area contributed by atoms with E-state index in [1.807, 2.05) is 18.2 Å². The number of carbonyl (C=O) groups excluding carboxylic acids is 1. The third-order valence-corrected chi connectivity index (χ3v) is 4.08. The molecule has 21 heavy (non-hydrogen) atoms. The predicted molar refractivity (Wildman–Crippen MR) is 87.0 cm³/mol. The molecule has 2 N–H and O–H groups in total. The zero-order valence-electron chi connectivity index (χ0n) is 13.1. The SMILES string of the molecule is COc1ccc(NC(C)=O)cc1NCC1CCCCCC1. The van der Waals surface area contributed by atoms with Crippen molar-refractivity contribution in [2.45, 2.75) is 45.4 Å². The molecule has 1 saturated carbocycles. The van der Waals surface area contributed by atoms with Crippen molar-refractivity contribution in [1.29, 1.82) is 0 Å². The fraction of sp³-hybridized carbons (Fsp3) is 0.588. The molecule has 0 unspecified atom stereocenters. The van der Waals surface area contributed by atoms with Gasteiger partial charge in [0.2, 0.25) is 5.91 Å². The fourth-order valence-electron chi connectivity index (χ4n) is 2.95. The Bertz CT molecular complexity index is 466. The van der Waals surface area contributed by atoms with Crippen molar-refractivity contribution in [2.75, 3.05) is 24.3 Å². The third kappa shape index (κ3) is 4.96. The summed E-state index contributed by atoms with van der Waals surface area (Å²) >= 11 is 0. The summed E-state index contributed by atoms with van der Waals surface area (Å²) in [6.45, 7) is 2.49. The van der Waals surface area contributed by atoms with Crippen molar-refractivity contribution in [1.82, 2.24) is 0 Å². The van der Waals surface area contributed by atoms with Crippen molar-refractivity contribution >= 4 is 17.3 Å². The number of nitrogens with one attached hydrogen (secondary N) is 2. The Hall–Kier alpha value is -1.71. The van der Waals surface area contributed by atoms with Gasteiger partial charge >= 0.3 is 0 Å². The lowest BCUT2D eigenvalue weighted by molar-refractivity contribution is -0.114. The summed E-state index contributed by atoms with van der Waals surface area (Å²) in [5.74, 6) is 1.49. The van der Waals surface area contributed by atoms with Crippen molar-refractivity contribution in [3.63, 3.8) is 0 Å². The van der Waals surface area contributed by atoms with Gasteiger partial charge in [-0.05, 0) is 37.0 Å². The highest BCUT2D eigenvalue weighted by atomic mass is 16.5. The van der Waals surface area contributed by atoms with Crippen LogP contribution in [0, 0.1) is 5.92 Å². The summed E-state index contributed by atoms with van der Waals surface area (Å²) in [6, 6.07) is 5.69. The smallest absolute Gasteiger partial charge is 0.221 e. The topological polar surface area (TPSA) is 50.4 Å². The Labute approximate surface area is 127 Å². The van der Waals surface area contributed by atoms with Crippen LogP contribution < -0.4 is 15.4 Å². The predicted octanol–water partition coefficient (Wildman–Crippen LogP) is 4.04. The van der Waals surface area contributed by atoms with Crippen LogP contribution in [0.2, 0.25) is 0 Å². The second-order valence-corrected chi connectivity index (χ2v) is 5.83. The van der Waals surface area contributed by atoms with Gasteiger partial charge in [-0.3, -0.25) is 4.79 Å². The Morgan fingerprint density at radius 3 is 2.57 bits per heavy atom. The number of hydrogen-bond acceptors (Lipinski definition) is 3. The number of hydrogen-bond donors (Lipinski definition) is 2. The first kappa shape index (κ1) is 15.7. The highest BCUT2D eigenvalue weighted by molar-refractivity contribution is 5.89. The van der Waals surface area contributed by atoms with E-state index in [0.29, 0.717) is 0 Å². The Morgan fingerprint density at radius 1 is 1.24 bits per heavy atom. The quantitative estimate of drug-likeness (QED) is 0.805. The maximum absolute atomic E-state index is 11.2. The maximum atomic E-state index is 11.2. The minimum Gasteiger partial charge on any atom is -0.495 e. The lowest BCUT2D eigenvalue weighted by atomic mass is 10.0. The summed E-state index contributed by atoms with van der Waals surface area (Å²) in [5.41, 5.74) is 1.75. The average molecular weight is 290 g/mol. The first-order valence-electron chi connectivity index (χ1n) is 7.88. The molecule has 4 heteroatoms. The summed E-state index contributed by atoms with van der Waals surface area (Å²) in [6.07, 6.45) is 8.04. The largest absolute Gasteiger partial charge is 0.495 e. The van der Waals surface area contributed by atoms with Gasteiger partial charge in [-0.15, -0.1) is 0 Å².